The van der Waals surface area contributed by atoms with Crippen molar-refractivity contribution in [3.8, 4) is 0 Å². The van der Waals surface area contributed by atoms with Crippen LogP contribution in [-0.2, 0) is 38.3 Å². The first-order valence-electron chi connectivity index (χ1n) is 14.3. The Hall–Kier alpha value is -3.23. The maximum Gasteiger partial charge on any atom is 0.306 e. The molecule has 1 N–H and O–H groups in total. The van der Waals surface area contributed by atoms with Gasteiger partial charge in [0.05, 0.1) is 11.3 Å². The molecular weight excluding hydrogens is 528 g/mol. The van der Waals surface area contributed by atoms with E-state index in [0.29, 0.717) is 12.0 Å². The van der Waals surface area contributed by atoms with E-state index in [4.69, 9.17) is 4.74 Å². The molecule has 4 aliphatic rings. The molecule has 41 heavy (non-hydrogen) atoms. The standard InChI is InChI=1S/C32H40O9/c1-15(11-18(34)12-16(2)28(39)40)19-13-23(37)32(8)24-20(35)14-21-29(4,5)22(36)9-10-30(21,6)25(24)26(38)27(31(19,32)7)41-17(3)33/h11,16,19,21,27H,9-10,12-14H2,1-8H3,(H,39,40)/b15-11-/t16?,19-,21+,27-,30+,31+,32+/m1/s1. The Kier molecular flexibility index (Phi) is 7.24. The Bertz CT molecular complexity index is 1360. The molecule has 4 aliphatic carbocycles. The number of aliphatic carboxylic acids is 1. The fourth-order valence-corrected chi connectivity index (χ4v) is 8.57. The molecule has 9 nitrogen and oxygen atoms in total. The van der Waals surface area contributed by atoms with E-state index < -0.39 is 69.0 Å². The summed E-state index contributed by atoms with van der Waals surface area (Å²) in [6.45, 7) is 13.1. The van der Waals surface area contributed by atoms with Gasteiger partial charge in [0, 0.05) is 60.0 Å². The second-order valence-electron chi connectivity index (χ2n) is 13.7. The number of ether oxygens (including phenoxy) is 1. The fraction of sp³-hybridized carbons (Fsp3) is 0.656. The predicted molar refractivity (Wildman–Crippen MR) is 146 cm³/mol. The van der Waals surface area contributed by atoms with Crippen LogP contribution >= 0.6 is 0 Å². The van der Waals surface area contributed by atoms with Crippen molar-refractivity contribution in [3.05, 3.63) is 22.8 Å². The van der Waals surface area contributed by atoms with Crippen molar-refractivity contribution < 1.29 is 43.4 Å². The van der Waals surface area contributed by atoms with Gasteiger partial charge in [-0.15, -0.1) is 0 Å². The molecule has 9 heteroatoms. The van der Waals surface area contributed by atoms with Gasteiger partial charge >= 0.3 is 11.9 Å². The van der Waals surface area contributed by atoms with Crippen molar-refractivity contribution in [1.82, 2.24) is 0 Å². The predicted octanol–water partition coefficient (Wildman–Crippen LogP) is 4.01. The number of Topliss-reactive ketones (excluding diaryl/α,β-unsaturated/α-hetero) is 4. The van der Waals surface area contributed by atoms with Crippen LogP contribution in [-0.4, -0.2) is 52.1 Å². The zero-order chi connectivity index (χ0) is 31.0. The third kappa shape index (κ3) is 4.13. The highest BCUT2D eigenvalue weighted by Crippen LogP contribution is 2.70. The van der Waals surface area contributed by atoms with Gasteiger partial charge < -0.3 is 9.84 Å². The minimum Gasteiger partial charge on any atom is -0.481 e. The molecule has 0 aromatic rings. The van der Waals surface area contributed by atoms with Crippen LogP contribution in [0.2, 0.25) is 0 Å². The van der Waals surface area contributed by atoms with Crippen LogP contribution in [0.25, 0.3) is 0 Å². The van der Waals surface area contributed by atoms with Crippen molar-refractivity contribution in [2.24, 2.45) is 39.4 Å². The zero-order valence-corrected chi connectivity index (χ0v) is 25.1. The highest BCUT2D eigenvalue weighted by atomic mass is 16.5. The summed E-state index contributed by atoms with van der Waals surface area (Å²) in [5.41, 5.74) is -3.82. The van der Waals surface area contributed by atoms with E-state index in [1.165, 1.54) is 19.9 Å². The van der Waals surface area contributed by atoms with Crippen molar-refractivity contribution in [3.63, 3.8) is 0 Å². The van der Waals surface area contributed by atoms with Gasteiger partial charge in [0.25, 0.3) is 0 Å². The number of esters is 1. The molecule has 0 saturated heterocycles. The van der Waals surface area contributed by atoms with Crippen LogP contribution in [0.5, 0.6) is 0 Å². The second-order valence-corrected chi connectivity index (χ2v) is 13.7. The van der Waals surface area contributed by atoms with Crippen LogP contribution in [0, 0.1) is 39.4 Å². The Balaban J connectivity index is 1.94. The van der Waals surface area contributed by atoms with E-state index in [0.717, 1.165) is 0 Å². The second kappa shape index (κ2) is 9.66. The van der Waals surface area contributed by atoms with Crippen molar-refractivity contribution >= 4 is 40.9 Å². The highest BCUT2D eigenvalue weighted by molar-refractivity contribution is 6.18. The molecule has 222 valence electrons. The van der Waals surface area contributed by atoms with Crippen LogP contribution in [0.3, 0.4) is 0 Å². The molecule has 0 radical (unpaired) electrons. The Morgan fingerprint density at radius 1 is 0.976 bits per heavy atom. The number of carboxylic acids is 1. The Labute approximate surface area is 240 Å². The van der Waals surface area contributed by atoms with Crippen LogP contribution in [0.4, 0.5) is 0 Å². The minimum absolute atomic E-state index is 0.0174. The van der Waals surface area contributed by atoms with Gasteiger partial charge in [-0.05, 0) is 38.2 Å². The maximum atomic E-state index is 14.6. The lowest BCUT2D eigenvalue weighted by Crippen LogP contribution is -2.64. The largest absolute Gasteiger partial charge is 0.481 e. The average molecular weight is 569 g/mol. The van der Waals surface area contributed by atoms with Crippen LogP contribution < -0.4 is 0 Å². The molecular formula is C32H40O9. The Morgan fingerprint density at radius 3 is 2.15 bits per heavy atom. The molecule has 0 spiro atoms. The molecule has 4 rings (SSSR count). The topological polar surface area (TPSA) is 149 Å². The third-order valence-corrected chi connectivity index (χ3v) is 11.1. The number of hydrogen-bond donors (Lipinski definition) is 1. The summed E-state index contributed by atoms with van der Waals surface area (Å²) >= 11 is 0. The van der Waals surface area contributed by atoms with E-state index in [1.807, 2.05) is 6.92 Å². The highest BCUT2D eigenvalue weighted by Gasteiger charge is 2.74. The molecule has 0 aromatic heterocycles. The van der Waals surface area contributed by atoms with Gasteiger partial charge in [0.1, 0.15) is 11.6 Å². The summed E-state index contributed by atoms with van der Waals surface area (Å²) in [4.78, 5) is 92.1. The first kappa shape index (κ1) is 30.7. The number of hydrogen-bond acceptors (Lipinski definition) is 8. The number of allylic oxidation sites excluding steroid dienone is 3. The molecule has 7 atom stereocenters. The lowest BCUT2D eigenvalue weighted by atomic mass is 9.42. The van der Waals surface area contributed by atoms with Crippen molar-refractivity contribution in [2.75, 3.05) is 0 Å². The van der Waals surface area contributed by atoms with E-state index in [2.05, 4.69) is 0 Å². The van der Waals surface area contributed by atoms with Gasteiger partial charge in [-0.1, -0.05) is 40.2 Å². The van der Waals surface area contributed by atoms with E-state index in [1.54, 1.807) is 34.6 Å². The number of ketones is 5. The van der Waals surface area contributed by atoms with Gasteiger partial charge in [-0.2, -0.15) is 0 Å². The quantitative estimate of drug-likeness (QED) is 0.370. The molecule has 1 unspecified atom stereocenters. The summed E-state index contributed by atoms with van der Waals surface area (Å²) in [5, 5.41) is 9.21. The van der Waals surface area contributed by atoms with Crippen molar-refractivity contribution in [2.45, 2.75) is 93.6 Å². The lowest BCUT2D eigenvalue weighted by molar-refractivity contribution is -0.172. The molecule has 0 aromatic carbocycles. The van der Waals surface area contributed by atoms with Crippen LogP contribution in [0.1, 0.15) is 87.5 Å². The number of carbonyl (C=O) groups is 7. The third-order valence-electron chi connectivity index (χ3n) is 11.1. The Morgan fingerprint density at radius 2 is 1.59 bits per heavy atom. The number of fused-ring (bicyclic) bond motifs is 4. The summed E-state index contributed by atoms with van der Waals surface area (Å²) in [5.74, 6) is -5.51. The van der Waals surface area contributed by atoms with Crippen molar-refractivity contribution in [1.29, 1.82) is 0 Å². The van der Waals surface area contributed by atoms with E-state index in [9.17, 15) is 38.7 Å². The number of rotatable bonds is 6. The summed E-state index contributed by atoms with van der Waals surface area (Å²) in [6.07, 6.45) is 0.156. The van der Waals surface area contributed by atoms with Crippen LogP contribution in [0.15, 0.2) is 22.8 Å². The first-order chi connectivity index (χ1) is 18.8. The number of carboxylic acid groups (broad SMARTS) is 1. The van der Waals surface area contributed by atoms with Gasteiger partial charge in [-0.25, -0.2) is 0 Å². The normalized spacial score (nSPS) is 37.3. The van der Waals surface area contributed by atoms with E-state index in [-0.39, 0.29) is 54.2 Å². The molecule has 0 bridgehead atoms. The molecule has 0 aliphatic heterocycles. The minimum atomic E-state index is -1.50. The maximum absolute atomic E-state index is 14.6. The zero-order valence-electron chi connectivity index (χ0n) is 25.1. The summed E-state index contributed by atoms with van der Waals surface area (Å²) < 4.78 is 5.75. The fourth-order valence-electron chi connectivity index (χ4n) is 8.57. The van der Waals surface area contributed by atoms with Gasteiger partial charge in [0.2, 0.25) is 5.78 Å². The summed E-state index contributed by atoms with van der Waals surface area (Å²) in [7, 11) is 0. The first-order valence-corrected chi connectivity index (χ1v) is 14.3. The molecule has 0 amide bonds. The monoisotopic (exact) mass is 568 g/mol. The van der Waals surface area contributed by atoms with E-state index >= 15 is 0 Å². The SMILES string of the molecule is CC(=O)O[C@@H]1C(=O)C2=C(C(=O)C[C@H]3C(C)(C)C(=O)CC[C@]23C)[C@]2(C)C(=O)C[C@H](/C(C)=C\C(=O)CC(C)C(=O)O)[C@@]12C. The number of carbonyl (C=O) groups excluding carboxylic acids is 6. The average Bonchev–Trinajstić information content (AvgIpc) is 3.07. The van der Waals surface area contributed by atoms with Gasteiger partial charge in [-0.3, -0.25) is 33.6 Å². The lowest BCUT2D eigenvalue weighted by Gasteiger charge is -2.59. The molecule has 0 heterocycles. The van der Waals surface area contributed by atoms with Gasteiger partial charge in [0.15, 0.2) is 17.7 Å². The molecule has 2 saturated carbocycles. The smallest absolute Gasteiger partial charge is 0.306 e. The summed E-state index contributed by atoms with van der Waals surface area (Å²) in [6, 6.07) is 0. The molecule has 2 fully saturated rings.